The van der Waals surface area contributed by atoms with E-state index in [4.69, 9.17) is 14.2 Å². The first-order chi connectivity index (χ1) is 36.0. The van der Waals surface area contributed by atoms with Gasteiger partial charge in [-0.3, -0.25) is 14.4 Å². The lowest BCUT2D eigenvalue weighted by atomic mass is 10.0. The zero-order chi connectivity index (χ0) is 52.9. The molecule has 0 amide bonds. The Hall–Kier alpha value is -2.89. The highest BCUT2D eigenvalue weighted by molar-refractivity contribution is 5.71. The molecule has 0 N–H and O–H groups in total. The SMILES string of the molecule is CC/C=C\C/C=C\C/C=C\C/C=C\C/C=C\CCCC(=O)OC(COC(=O)CCCCCCCCCCCCC)COC(=O)CCCCCCCCCCCCCCCCCCCCCCCCCCCCC. The predicted molar refractivity (Wildman–Crippen MR) is 316 cm³/mol. The van der Waals surface area contributed by atoms with E-state index >= 15 is 0 Å². The van der Waals surface area contributed by atoms with Crippen LogP contribution in [0.1, 0.15) is 329 Å². The molecule has 6 nitrogen and oxygen atoms in total. The van der Waals surface area contributed by atoms with Gasteiger partial charge in [0.2, 0.25) is 0 Å². The molecule has 0 saturated carbocycles. The van der Waals surface area contributed by atoms with Gasteiger partial charge in [-0.05, 0) is 57.8 Å². The van der Waals surface area contributed by atoms with Crippen molar-refractivity contribution in [2.75, 3.05) is 13.2 Å². The molecule has 0 aromatic heterocycles. The van der Waals surface area contributed by atoms with Crippen LogP contribution in [-0.4, -0.2) is 37.2 Å². The molecular weight excluding hydrogens is 901 g/mol. The summed E-state index contributed by atoms with van der Waals surface area (Å²) >= 11 is 0. The second kappa shape index (κ2) is 61.7. The normalized spacial score (nSPS) is 12.4. The summed E-state index contributed by atoms with van der Waals surface area (Å²) in [5, 5.41) is 0. The minimum atomic E-state index is -0.801. The lowest BCUT2D eigenvalue weighted by Crippen LogP contribution is -2.30. The molecule has 0 rings (SSSR count). The summed E-state index contributed by atoms with van der Waals surface area (Å²) < 4.78 is 16.8. The van der Waals surface area contributed by atoms with Gasteiger partial charge in [-0.25, -0.2) is 0 Å². The van der Waals surface area contributed by atoms with Gasteiger partial charge in [0, 0.05) is 19.3 Å². The number of rotatable bonds is 58. The maximum atomic E-state index is 12.8. The van der Waals surface area contributed by atoms with Crippen molar-refractivity contribution in [1.29, 1.82) is 0 Å². The van der Waals surface area contributed by atoms with Crippen LogP contribution in [0.2, 0.25) is 0 Å². The Kier molecular flexibility index (Phi) is 59.2. The molecule has 0 aliphatic heterocycles. The summed E-state index contributed by atoms with van der Waals surface area (Å²) in [5.41, 5.74) is 0. The third-order valence-electron chi connectivity index (χ3n) is 14.0. The summed E-state index contributed by atoms with van der Waals surface area (Å²) in [6.45, 7) is 6.52. The molecule has 0 aromatic carbocycles. The van der Waals surface area contributed by atoms with Crippen LogP contribution in [0.25, 0.3) is 0 Å². The summed E-state index contributed by atoms with van der Waals surface area (Å²) in [6.07, 6.45) is 78.3. The van der Waals surface area contributed by atoms with Crippen LogP contribution < -0.4 is 0 Å². The van der Waals surface area contributed by atoms with Gasteiger partial charge in [0.15, 0.2) is 6.10 Å². The van der Waals surface area contributed by atoms with Crippen molar-refractivity contribution in [2.45, 2.75) is 335 Å². The van der Waals surface area contributed by atoms with Crippen LogP contribution in [0.4, 0.5) is 0 Å². The fourth-order valence-electron chi connectivity index (χ4n) is 9.31. The van der Waals surface area contributed by atoms with E-state index in [9.17, 15) is 14.4 Å². The Balaban J connectivity index is 4.23. The van der Waals surface area contributed by atoms with Crippen molar-refractivity contribution >= 4 is 17.9 Å². The molecule has 0 bridgehead atoms. The number of carbonyl (C=O) groups is 3. The van der Waals surface area contributed by atoms with Crippen molar-refractivity contribution in [1.82, 2.24) is 0 Å². The first-order valence-electron chi connectivity index (χ1n) is 31.8. The van der Waals surface area contributed by atoms with E-state index in [2.05, 4.69) is 81.5 Å². The van der Waals surface area contributed by atoms with E-state index in [1.54, 1.807) is 0 Å². The van der Waals surface area contributed by atoms with Crippen LogP contribution in [-0.2, 0) is 28.6 Å². The van der Waals surface area contributed by atoms with Gasteiger partial charge < -0.3 is 14.2 Å². The quantitative estimate of drug-likeness (QED) is 0.0261. The lowest BCUT2D eigenvalue weighted by Gasteiger charge is -2.18. The monoisotopic (exact) mass is 1020 g/mol. The molecule has 6 heteroatoms. The number of carbonyl (C=O) groups excluding carboxylic acids is 3. The molecule has 0 fully saturated rings. The summed E-state index contributed by atoms with van der Waals surface area (Å²) in [6, 6.07) is 0. The van der Waals surface area contributed by atoms with E-state index < -0.39 is 6.10 Å². The van der Waals surface area contributed by atoms with E-state index in [0.29, 0.717) is 19.3 Å². The number of esters is 3. The van der Waals surface area contributed by atoms with Crippen molar-refractivity contribution in [2.24, 2.45) is 0 Å². The van der Waals surface area contributed by atoms with Gasteiger partial charge in [-0.1, -0.05) is 313 Å². The first-order valence-corrected chi connectivity index (χ1v) is 31.8. The van der Waals surface area contributed by atoms with Gasteiger partial charge >= 0.3 is 17.9 Å². The van der Waals surface area contributed by atoms with Gasteiger partial charge in [-0.2, -0.15) is 0 Å². The molecule has 424 valence electrons. The zero-order valence-corrected chi connectivity index (χ0v) is 48.7. The Morgan fingerprint density at radius 1 is 0.288 bits per heavy atom. The molecule has 1 unspecified atom stereocenters. The summed E-state index contributed by atoms with van der Waals surface area (Å²) in [7, 11) is 0. The van der Waals surface area contributed by atoms with Crippen LogP contribution in [0.5, 0.6) is 0 Å². The topological polar surface area (TPSA) is 78.9 Å². The third-order valence-corrected chi connectivity index (χ3v) is 14.0. The van der Waals surface area contributed by atoms with Crippen LogP contribution >= 0.6 is 0 Å². The minimum Gasteiger partial charge on any atom is -0.462 e. The summed E-state index contributed by atoms with van der Waals surface area (Å²) in [5.74, 6) is -0.936. The van der Waals surface area contributed by atoms with Crippen molar-refractivity contribution < 1.29 is 28.6 Å². The summed E-state index contributed by atoms with van der Waals surface area (Å²) in [4.78, 5) is 38.2. The minimum absolute atomic E-state index is 0.0927. The van der Waals surface area contributed by atoms with Crippen LogP contribution in [0.3, 0.4) is 0 Å². The van der Waals surface area contributed by atoms with Gasteiger partial charge in [0.1, 0.15) is 13.2 Å². The molecule has 0 aliphatic carbocycles. The van der Waals surface area contributed by atoms with E-state index in [1.807, 2.05) is 0 Å². The molecule has 0 spiro atoms. The standard InChI is InChI=1S/C67H120O6/c1-4-7-10-13-16-19-22-24-26-28-29-30-31-32-33-34-35-36-37-39-40-42-45-48-51-54-57-60-66(69)72-63-64(62-71-65(68)59-56-53-50-47-44-21-18-15-12-9-6-3)73-67(70)61-58-55-52-49-46-43-41-38-27-25-23-20-17-14-11-8-5-2/h8,11,17,20,25,27,41,43,49,52,64H,4-7,9-10,12-16,18-19,21-24,26,28-40,42,44-48,50-51,53-63H2,1-3H3/b11-8-,20-17-,27-25-,43-41-,52-49-. The number of allylic oxidation sites excluding steroid dienone is 10. The van der Waals surface area contributed by atoms with E-state index in [-0.39, 0.29) is 37.5 Å². The Morgan fingerprint density at radius 3 is 0.822 bits per heavy atom. The van der Waals surface area contributed by atoms with Crippen molar-refractivity contribution in [3.05, 3.63) is 60.8 Å². The van der Waals surface area contributed by atoms with E-state index in [1.165, 1.54) is 205 Å². The zero-order valence-electron chi connectivity index (χ0n) is 48.7. The maximum absolute atomic E-state index is 12.8. The maximum Gasteiger partial charge on any atom is 0.306 e. The second-order valence-corrected chi connectivity index (χ2v) is 21.3. The highest BCUT2D eigenvalue weighted by Crippen LogP contribution is 2.18. The second-order valence-electron chi connectivity index (χ2n) is 21.3. The van der Waals surface area contributed by atoms with Crippen LogP contribution in [0, 0.1) is 0 Å². The van der Waals surface area contributed by atoms with E-state index in [0.717, 1.165) is 77.0 Å². The molecule has 1 atom stereocenters. The Bertz CT molecular complexity index is 1310. The molecule has 0 saturated heterocycles. The van der Waals surface area contributed by atoms with Crippen LogP contribution in [0.15, 0.2) is 60.8 Å². The molecule has 0 heterocycles. The Labute approximate surface area is 453 Å². The number of unbranched alkanes of at least 4 members (excludes halogenated alkanes) is 37. The molecular formula is C67H120O6. The van der Waals surface area contributed by atoms with Gasteiger partial charge in [-0.15, -0.1) is 0 Å². The largest absolute Gasteiger partial charge is 0.462 e. The van der Waals surface area contributed by atoms with Crippen molar-refractivity contribution in [3.63, 3.8) is 0 Å². The lowest BCUT2D eigenvalue weighted by molar-refractivity contribution is -0.167. The van der Waals surface area contributed by atoms with Gasteiger partial charge in [0.25, 0.3) is 0 Å². The highest BCUT2D eigenvalue weighted by Gasteiger charge is 2.19. The molecule has 73 heavy (non-hydrogen) atoms. The fraction of sp³-hybridized carbons (Fsp3) is 0.806. The predicted octanol–water partition coefficient (Wildman–Crippen LogP) is 21.6. The van der Waals surface area contributed by atoms with Gasteiger partial charge in [0.05, 0.1) is 0 Å². The van der Waals surface area contributed by atoms with Crippen molar-refractivity contribution in [3.8, 4) is 0 Å². The Morgan fingerprint density at radius 2 is 0.534 bits per heavy atom. The number of ether oxygens (including phenoxy) is 3. The average Bonchev–Trinajstić information content (AvgIpc) is 3.39. The molecule has 0 radical (unpaired) electrons. The number of hydrogen-bond acceptors (Lipinski definition) is 6. The number of hydrogen-bond donors (Lipinski definition) is 0. The molecule has 0 aliphatic rings. The first kappa shape index (κ1) is 70.1. The third kappa shape index (κ3) is 59.9. The smallest absolute Gasteiger partial charge is 0.306 e. The highest BCUT2D eigenvalue weighted by atomic mass is 16.6. The fourth-order valence-corrected chi connectivity index (χ4v) is 9.31. The molecule has 0 aromatic rings. The average molecular weight is 1020 g/mol.